The summed E-state index contributed by atoms with van der Waals surface area (Å²) in [7, 11) is 1.66. The van der Waals surface area contributed by atoms with Crippen molar-refractivity contribution in [3.05, 3.63) is 40.4 Å². The molecular formula is C25H35BrN6O2. The van der Waals surface area contributed by atoms with Crippen molar-refractivity contribution in [2.45, 2.75) is 70.5 Å². The number of fused-ring (bicyclic) bond motifs is 1. The fraction of sp³-hybridized carbons (Fsp3) is 0.520. The number of unbranched alkanes of at least 4 members (excludes halogenated alkanes) is 7. The summed E-state index contributed by atoms with van der Waals surface area (Å²) in [5.74, 6) is 0.188. The van der Waals surface area contributed by atoms with E-state index in [1.165, 1.54) is 43.4 Å². The van der Waals surface area contributed by atoms with E-state index in [1.54, 1.807) is 13.3 Å². The molecule has 0 aromatic heterocycles. The largest absolute Gasteiger partial charge is 0.326 e. The van der Waals surface area contributed by atoms with Crippen LogP contribution in [0.5, 0.6) is 0 Å². The lowest BCUT2D eigenvalue weighted by Crippen LogP contribution is -2.64. The van der Waals surface area contributed by atoms with Crippen LogP contribution in [0.15, 0.2) is 44.9 Å². The van der Waals surface area contributed by atoms with E-state index < -0.39 is 18.2 Å². The van der Waals surface area contributed by atoms with Crippen LogP contribution in [0.3, 0.4) is 0 Å². The Kier molecular flexibility index (Phi) is 10.1. The quantitative estimate of drug-likeness (QED) is 0.233. The molecule has 1 saturated heterocycles. The highest BCUT2D eigenvalue weighted by Crippen LogP contribution is 2.24. The van der Waals surface area contributed by atoms with Crippen molar-refractivity contribution in [2.24, 2.45) is 10.1 Å². The first-order valence-corrected chi connectivity index (χ1v) is 12.9. The van der Waals surface area contributed by atoms with Gasteiger partial charge in [-0.3, -0.25) is 10.1 Å². The summed E-state index contributed by atoms with van der Waals surface area (Å²) in [6.07, 6.45) is 12.7. The van der Waals surface area contributed by atoms with E-state index in [2.05, 4.69) is 43.7 Å². The fourth-order valence-corrected chi connectivity index (χ4v) is 4.54. The van der Waals surface area contributed by atoms with Gasteiger partial charge in [-0.25, -0.2) is 15.2 Å². The molecule has 34 heavy (non-hydrogen) atoms. The Morgan fingerprint density at radius 2 is 1.79 bits per heavy atom. The smallest absolute Gasteiger partial charge is 0.325 e. The van der Waals surface area contributed by atoms with E-state index in [1.807, 2.05) is 41.3 Å². The number of rotatable bonds is 12. The topological polar surface area (TPSA) is 89.4 Å². The third-order valence-electron chi connectivity index (χ3n) is 6.07. The second-order valence-corrected chi connectivity index (χ2v) is 9.61. The van der Waals surface area contributed by atoms with E-state index in [4.69, 9.17) is 0 Å². The number of urea groups is 1. The molecule has 2 N–H and O–H groups in total. The molecule has 1 aromatic rings. The van der Waals surface area contributed by atoms with Gasteiger partial charge in [0.1, 0.15) is 0 Å². The van der Waals surface area contributed by atoms with Gasteiger partial charge in [-0.1, -0.05) is 82.2 Å². The number of carbonyl (C=O) groups excluding carboxylic acids is 2. The number of hydrazone groups is 1. The summed E-state index contributed by atoms with van der Waals surface area (Å²) in [4.78, 5) is 32.8. The number of hydrogen-bond donors (Lipinski definition) is 2. The number of likely N-dealkylation sites (N-methyl/N-ethyl adjacent to an activating group) is 1. The van der Waals surface area contributed by atoms with Gasteiger partial charge in [0.25, 0.3) is 5.91 Å². The molecule has 0 saturated carbocycles. The van der Waals surface area contributed by atoms with Gasteiger partial charge in [-0.05, 0) is 34.0 Å². The van der Waals surface area contributed by atoms with Gasteiger partial charge >= 0.3 is 6.03 Å². The zero-order chi connectivity index (χ0) is 24.3. The van der Waals surface area contributed by atoms with Gasteiger partial charge < -0.3 is 9.80 Å². The van der Waals surface area contributed by atoms with E-state index in [0.717, 1.165) is 22.9 Å². The molecule has 8 nitrogen and oxygen atoms in total. The van der Waals surface area contributed by atoms with E-state index in [9.17, 15) is 9.59 Å². The lowest BCUT2D eigenvalue weighted by molar-refractivity contribution is -0.127. The molecule has 3 amide bonds. The van der Waals surface area contributed by atoms with Gasteiger partial charge in [0.2, 0.25) is 5.96 Å². The first-order valence-electron chi connectivity index (χ1n) is 12.1. The van der Waals surface area contributed by atoms with Crippen LogP contribution >= 0.6 is 15.9 Å². The third kappa shape index (κ3) is 7.16. The third-order valence-corrected chi connectivity index (χ3v) is 6.50. The maximum atomic E-state index is 12.7. The molecule has 0 bridgehead atoms. The maximum absolute atomic E-state index is 12.7. The summed E-state index contributed by atoms with van der Waals surface area (Å²) in [6, 6.07) is 8.95. The van der Waals surface area contributed by atoms with E-state index in [-0.39, 0.29) is 5.91 Å². The number of guanidine groups is 1. The second kappa shape index (κ2) is 13.3. The molecule has 0 spiro atoms. The zero-order valence-electron chi connectivity index (χ0n) is 20.0. The van der Waals surface area contributed by atoms with Gasteiger partial charge in [0, 0.05) is 18.1 Å². The van der Waals surface area contributed by atoms with Crippen LogP contribution in [0, 0.1) is 0 Å². The average Bonchev–Trinajstić information content (AvgIpc) is 3.19. The normalized spacial score (nSPS) is 20.6. The van der Waals surface area contributed by atoms with Crippen LogP contribution in [-0.4, -0.2) is 59.7 Å². The van der Waals surface area contributed by atoms with Gasteiger partial charge in [0.15, 0.2) is 12.2 Å². The predicted molar refractivity (Wildman–Crippen MR) is 141 cm³/mol. The van der Waals surface area contributed by atoms with Crippen LogP contribution in [-0.2, 0) is 4.79 Å². The molecule has 9 heteroatoms. The standard InChI is InChI=1S/C25H35BrN6O2/c1-3-4-5-6-7-8-9-13-16-32-21-22(31(2)25(34)29-23(21)33)28-24(32)30-27-18-20(26)17-19-14-11-10-12-15-19/h10-12,14-15,17-18,21-22H,3-9,13,16H2,1-2H3,(H,28,30)(H,29,33,34)/b20-17-,27-18-. The summed E-state index contributed by atoms with van der Waals surface area (Å²) < 4.78 is 0.793. The Balaban J connectivity index is 1.60. The Hall–Kier alpha value is -2.68. The molecule has 1 fully saturated rings. The number of halogens is 1. The van der Waals surface area contributed by atoms with Crippen molar-refractivity contribution in [1.29, 1.82) is 0 Å². The highest BCUT2D eigenvalue weighted by Gasteiger charge is 2.48. The van der Waals surface area contributed by atoms with E-state index >= 15 is 0 Å². The Labute approximate surface area is 210 Å². The van der Waals surface area contributed by atoms with Crippen LogP contribution < -0.4 is 10.7 Å². The van der Waals surface area contributed by atoms with Crippen molar-refractivity contribution in [3.63, 3.8) is 0 Å². The summed E-state index contributed by atoms with van der Waals surface area (Å²) in [5, 5.41) is 6.75. The van der Waals surface area contributed by atoms with Crippen molar-refractivity contribution in [3.8, 4) is 0 Å². The van der Waals surface area contributed by atoms with Crippen LogP contribution in [0.25, 0.3) is 6.08 Å². The Morgan fingerprint density at radius 1 is 1.12 bits per heavy atom. The van der Waals surface area contributed by atoms with Crippen LogP contribution in [0.4, 0.5) is 4.79 Å². The molecule has 184 valence electrons. The fourth-order valence-electron chi connectivity index (χ4n) is 4.18. The summed E-state index contributed by atoms with van der Waals surface area (Å²) in [5.41, 5.74) is 4.05. The minimum Gasteiger partial charge on any atom is -0.326 e. The van der Waals surface area contributed by atoms with Crippen LogP contribution in [0.1, 0.15) is 63.9 Å². The van der Waals surface area contributed by atoms with Crippen molar-refractivity contribution in [2.75, 3.05) is 13.6 Å². The van der Waals surface area contributed by atoms with E-state index in [0.29, 0.717) is 12.5 Å². The first kappa shape index (κ1) is 25.9. The highest BCUT2D eigenvalue weighted by molar-refractivity contribution is 9.12. The number of imide groups is 1. The molecular weight excluding hydrogens is 496 g/mol. The molecule has 0 aliphatic carbocycles. The van der Waals surface area contributed by atoms with Crippen molar-refractivity contribution >= 4 is 46.1 Å². The second-order valence-electron chi connectivity index (χ2n) is 8.69. The molecule has 1 aromatic carbocycles. The van der Waals surface area contributed by atoms with Crippen molar-refractivity contribution in [1.82, 2.24) is 20.5 Å². The Bertz CT molecular complexity index is 917. The zero-order valence-corrected chi connectivity index (χ0v) is 21.6. The number of aliphatic imine (C=N–C) groups is 1. The summed E-state index contributed by atoms with van der Waals surface area (Å²) >= 11 is 3.51. The highest BCUT2D eigenvalue weighted by atomic mass is 79.9. The molecule has 2 atom stereocenters. The lowest BCUT2D eigenvalue weighted by atomic mass is 10.1. The predicted octanol–water partition coefficient (Wildman–Crippen LogP) is 4.69. The number of amides is 3. The first-order chi connectivity index (χ1) is 16.5. The minimum atomic E-state index is -0.559. The Morgan fingerprint density at radius 3 is 2.50 bits per heavy atom. The molecule has 0 radical (unpaired) electrons. The number of benzene rings is 1. The molecule has 2 aliphatic rings. The van der Waals surface area contributed by atoms with Crippen molar-refractivity contribution < 1.29 is 9.59 Å². The summed E-state index contributed by atoms with van der Waals surface area (Å²) in [6.45, 7) is 2.90. The number of carbonyl (C=O) groups is 2. The SMILES string of the molecule is CCCCCCCCCCN1C(N/N=C\C(Br)=C\c2ccccc2)=NC2C1C(=O)NC(=O)N2C. The lowest BCUT2D eigenvalue weighted by Gasteiger charge is -2.36. The number of hydrogen-bond acceptors (Lipinski definition) is 6. The monoisotopic (exact) mass is 530 g/mol. The molecule has 2 aliphatic heterocycles. The number of nitrogens with zero attached hydrogens (tertiary/aromatic N) is 4. The molecule has 3 rings (SSSR count). The number of nitrogens with one attached hydrogen (secondary N) is 2. The molecule has 2 heterocycles. The molecule has 2 unspecified atom stereocenters. The van der Waals surface area contributed by atoms with Gasteiger partial charge in [-0.15, -0.1) is 0 Å². The minimum absolute atomic E-state index is 0.317. The van der Waals surface area contributed by atoms with Crippen LogP contribution in [0.2, 0.25) is 0 Å². The van der Waals surface area contributed by atoms with Gasteiger partial charge in [0.05, 0.1) is 6.21 Å². The maximum Gasteiger partial charge on any atom is 0.325 e. The average molecular weight is 531 g/mol. The number of allylic oxidation sites excluding steroid dienone is 1. The van der Waals surface area contributed by atoms with Gasteiger partial charge in [-0.2, -0.15) is 5.10 Å².